The predicted molar refractivity (Wildman–Crippen MR) is 81.4 cm³/mol. The minimum Gasteiger partial charge on any atom is -0.313 e. The molecular formula is C14H21ClN2O2S. The van der Waals surface area contributed by atoms with Crippen molar-refractivity contribution < 1.29 is 8.42 Å². The van der Waals surface area contributed by atoms with Crippen LogP contribution in [0.5, 0.6) is 0 Å². The Balaban J connectivity index is 2.09. The smallest absolute Gasteiger partial charge is 0.242 e. The van der Waals surface area contributed by atoms with Gasteiger partial charge < -0.3 is 5.32 Å². The van der Waals surface area contributed by atoms with Crippen molar-refractivity contribution in [3.8, 4) is 0 Å². The van der Waals surface area contributed by atoms with Gasteiger partial charge in [-0.05, 0) is 49.4 Å². The summed E-state index contributed by atoms with van der Waals surface area (Å²) in [5.41, 5.74) is 0.926. The first kappa shape index (κ1) is 15.8. The van der Waals surface area contributed by atoms with Crippen molar-refractivity contribution in [2.45, 2.75) is 37.6 Å². The Kier molecular flexibility index (Phi) is 5.43. The lowest BCUT2D eigenvalue weighted by atomic mass is 10.2. The lowest BCUT2D eigenvalue weighted by Crippen LogP contribution is -2.26. The number of hydrogen-bond acceptors (Lipinski definition) is 3. The normalized spacial score (nSPS) is 15.5. The average Bonchev–Trinajstić information content (AvgIpc) is 3.23. The largest absolute Gasteiger partial charge is 0.313 e. The fourth-order valence-electron chi connectivity index (χ4n) is 1.90. The summed E-state index contributed by atoms with van der Waals surface area (Å²) in [6.45, 7) is 4.16. The van der Waals surface area contributed by atoms with Crippen LogP contribution in [0, 0.1) is 5.92 Å². The summed E-state index contributed by atoms with van der Waals surface area (Å²) in [6.07, 6.45) is 3.26. The fourth-order valence-corrected chi connectivity index (χ4v) is 3.56. The molecule has 1 aromatic rings. The van der Waals surface area contributed by atoms with Gasteiger partial charge in [0, 0.05) is 13.1 Å². The molecule has 0 aromatic heterocycles. The van der Waals surface area contributed by atoms with E-state index < -0.39 is 10.0 Å². The molecule has 4 nitrogen and oxygen atoms in total. The van der Waals surface area contributed by atoms with Crippen LogP contribution < -0.4 is 10.0 Å². The van der Waals surface area contributed by atoms with Crippen molar-refractivity contribution in [2.75, 3.05) is 13.1 Å². The Bertz CT molecular complexity index is 556. The number of hydrogen-bond donors (Lipinski definition) is 2. The second-order valence-corrected chi connectivity index (χ2v) is 7.38. The maximum absolute atomic E-state index is 12.3. The molecule has 0 saturated heterocycles. The van der Waals surface area contributed by atoms with Gasteiger partial charge in [0.1, 0.15) is 4.90 Å². The van der Waals surface area contributed by atoms with E-state index in [1.54, 1.807) is 12.1 Å². The molecule has 0 atom stereocenters. The van der Waals surface area contributed by atoms with Crippen molar-refractivity contribution in [1.82, 2.24) is 10.0 Å². The molecule has 0 aliphatic heterocycles. The molecule has 0 bridgehead atoms. The highest BCUT2D eigenvalue weighted by molar-refractivity contribution is 7.89. The van der Waals surface area contributed by atoms with Crippen molar-refractivity contribution in [2.24, 2.45) is 5.92 Å². The van der Waals surface area contributed by atoms with E-state index >= 15 is 0 Å². The molecule has 112 valence electrons. The highest BCUT2D eigenvalue weighted by Gasteiger charge is 2.25. The lowest BCUT2D eigenvalue weighted by Gasteiger charge is -2.10. The van der Waals surface area contributed by atoms with E-state index in [9.17, 15) is 8.42 Å². The van der Waals surface area contributed by atoms with E-state index in [0.29, 0.717) is 19.0 Å². The van der Waals surface area contributed by atoms with Crippen LogP contribution in [0.1, 0.15) is 31.7 Å². The number of halogens is 1. The molecule has 1 aromatic carbocycles. The molecule has 1 aliphatic rings. The molecule has 1 saturated carbocycles. The van der Waals surface area contributed by atoms with Gasteiger partial charge in [0.05, 0.1) is 5.02 Å². The number of rotatable bonds is 8. The van der Waals surface area contributed by atoms with Crippen LogP contribution in [0.2, 0.25) is 5.02 Å². The molecule has 1 aliphatic carbocycles. The molecular weight excluding hydrogens is 296 g/mol. The summed E-state index contributed by atoms with van der Waals surface area (Å²) < 4.78 is 27.1. The topological polar surface area (TPSA) is 58.2 Å². The summed E-state index contributed by atoms with van der Waals surface area (Å²) in [7, 11) is -3.51. The number of nitrogens with one attached hydrogen (secondary N) is 2. The van der Waals surface area contributed by atoms with Gasteiger partial charge in [0.2, 0.25) is 10.0 Å². The molecule has 0 radical (unpaired) electrons. The first-order valence-corrected chi connectivity index (χ1v) is 8.88. The van der Waals surface area contributed by atoms with Crippen LogP contribution in [0.15, 0.2) is 23.1 Å². The van der Waals surface area contributed by atoms with Crippen LogP contribution in [0.4, 0.5) is 0 Å². The zero-order valence-electron chi connectivity index (χ0n) is 11.7. The van der Waals surface area contributed by atoms with Gasteiger partial charge in [0.15, 0.2) is 0 Å². The predicted octanol–water partition coefficient (Wildman–Crippen LogP) is 2.53. The minimum absolute atomic E-state index is 0.176. The number of sulfonamides is 1. The fraction of sp³-hybridized carbons (Fsp3) is 0.571. The van der Waals surface area contributed by atoms with Crippen LogP contribution >= 0.6 is 11.6 Å². The van der Waals surface area contributed by atoms with Gasteiger partial charge in [-0.15, -0.1) is 0 Å². The van der Waals surface area contributed by atoms with Gasteiger partial charge in [-0.2, -0.15) is 0 Å². The molecule has 0 heterocycles. The average molecular weight is 317 g/mol. The van der Waals surface area contributed by atoms with E-state index in [0.717, 1.165) is 31.4 Å². The highest BCUT2D eigenvalue weighted by atomic mass is 35.5. The maximum atomic E-state index is 12.3. The molecule has 20 heavy (non-hydrogen) atoms. The van der Waals surface area contributed by atoms with E-state index in [1.165, 1.54) is 0 Å². The first-order chi connectivity index (χ1) is 9.53. The van der Waals surface area contributed by atoms with Gasteiger partial charge in [-0.25, -0.2) is 13.1 Å². The van der Waals surface area contributed by atoms with Crippen LogP contribution in [0.3, 0.4) is 0 Å². The van der Waals surface area contributed by atoms with E-state index in [-0.39, 0.29) is 9.92 Å². The van der Waals surface area contributed by atoms with E-state index in [1.807, 2.05) is 6.07 Å². The molecule has 0 spiro atoms. The number of benzene rings is 1. The Morgan fingerprint density at radius 1 is 1.35 bits per heavy atom. The first-order valence-electron chi connectivity index (χ1n) is 7.01. The molecule has 2 N–H and O–H groups in total. The van der Waals surface area contributed by atoms with E-state index in [4.69, 9.17) is 11.6 Å². The van der Waals surface area contributed by atoms with Crippen LogP contribution in [-0.4, -0.2) is 21.5 Å². The zero-order chi connectivity index (χ0) is 14.6. The quantitative estimate of drug-likeness (QED) is 0.725. The van der Waals surface area contributed by atoms with Crippen molar-refractivity contribution in [3.05, 3.63) is 28.8 Å². The summed E-state index contributed by atoms with van der Waals surface area (Å²) in [5.74, 6) is 0.498. The van der Waals surface area contributed by atoms with Crippen molar-refractivity contribution in [3.63, 3.8) is 0 Å². The van der Waals surface area contributed by atoms with Crippen molar-refractivity contribution in [1.29, 1.82) is 0 Å². The SMILES string of the molecule is CCCNCc1ccc(Cl)c(S(=O)(=O)NCC2CC2)c1. The molecule has 1 fully saturated rings. The Morgan fingerprint density at radius 2 is 2.10 bits per heavy atom. The molecule has 0 amide bonds. The summed E-state index contributed by atoms with van der Waals surface area (Å²) in [6, 6.07) is 5.15. The summed E-state index contributed by atoms with van der Waals surface area (Å²) in [4.78, 5) is 0.176. The van der Waals surface area contributed by atoms with Crippen LogP contribution in [0.25, 0.3) is 0 Å². The third-order valence-corrected chi connectivity index (χ3v) is 5.21. The van der Waals surface area contributed by atoms with Gasteiger partial charge in [-0.1, -0.05) is 24.6 Å². The molecule has 0 unspecified atom stereocenters. The second-order valence-electron chi connectivity index (χ2n) is 5.24. The summed E-state index contributed by atoms with van der Waals surface area (Å²) >= 11 is 6.03. The second kappa shape index (κ2) is 6.89. The third kappa shape index (κ3) is 4.45. The highest BCUT2D eigenvalue weighted by Crippen LogP contribution is 2.29. The van der Waals surface area contributed by atoms with Crippen molar-refractivity contribution >= 4 is 21.6 Å². The molecule has 2 rings (SSSR count). The van der Waals surface area contributed by atoms with Gasteiger partial charge in [-0.3, -0.25) is 0 Å². The monoisotopic (exact) mass is 316 g/mol. The summed E-state index contributed by atoms with van der Waals surface area (Å²) in [5, 5.41) is 3.52. The minimum atomic E-state index is -3.51. The Labute approximate surface area is 126 Å². The standard InChI is InChI=1S/C14H21ClN2O2S/c1-2-7-16-9-12-5-6-13(15)14(8-12)20(18,19)17-10-11-3-4-11/h5-6,8,11,16-17H,2-4,7,9-10H2,1H3. The van der Waals surface area contributed by atoms with E-state index in [2.05, 4.69) is 17.0 Å². The maximum Gasteiger partial charge on any atom is 0.242 e. The third-order valence-electron chi connectivity index (χ3n) is 3.30. The zero-order valence-corrected chi connectivity index (χ0v) is 13.2. The lowest BCUT2D eigenvalue weighted by molar-refractivity contribution is 0.577. The Hall–Kier alpha value is -0.620. The Morgan fingerprint density at radius 3 is 2.75 bits per heavy atom. The molecule has 6 heteroatoms. The van der Waals surface area contributed by atoms with Gasteiger partial charge in [0.25, 0.3) is 0 Å². The van der Waals surface area contributed by atoms with Crippen LogP contribution in [-0.2, 0) is 16.6 Å². The van der Waals surface area contributed by atoms with Gasteiger partial charge >= 0.3 is 0 Å².